The molecule has 3 heterocycles. The van der Waals surface area contributed by atoms with Crippen LogP contribution in [-0.2, 0) is 20.6 Å². The molecule has 0 atom stereocenters. The summed E-state index contributed by atoms with van der Waals surface area (Å²) in [6.07, 6.45) is 1.30. The topological polar surface area (TPSA) is 78.8 Å². The van der Waals surface area contributed by atoms with Crippen LogP contribution in [0.1, 0.15) is 24.0 Å². The summed E-state index contributed by atoms with van der Waals surface area (Å²) in [5.74, 6) is 1.26. The van der Waals surface area contributed by atoms with E-state index in [0.29, 0.717) is 37.3 Å². The molecule has 0 spiro atoms. The molecule has 2 aromatic carbocycles. The van der Waals surface area contributed by atoms with Gasteiger partial charge in [0.25, 0.3) is 10.0 Å². The lowest BCUT2D eigenvalue weighted by atomic mass is 9.95. The summed E-state index contributed by atoms with van der Waals surface area (Å²) in [7, 11) is -3.64. The summed E-state index contributed by atoms with van der Waals surface area (Å²) in [6.45, 7) is 1.19. The third-order valence-corrected chi connectivity index (χ3v) is 9.10. The van der Waals surface area contributed by atoms with Gasteiger partial charge in [0, 0.05) is 35.2 Å². The van der Waals surface area contributed by atoms with Gasteiger partial charge >= 0.3 is 0 Å². The van der Waals surface area contributed by atoms with Gasteiger partial charge < -0.3 is 10.2 Å². The van der Waals surface area contributed by atoms with Gasteiger partial charge in [0.2, 0.25) is 5.91 Å². The Labute approximate surface area is 201 Å². The van der Waals surface area contributed by atoms with E-state index in [0.717, 1.165) is 16.3 Å². The molecule has 9 heteroatoms. The summed E-state index contributed by atoms with van der Waals surface area (Å²) in [6, 6.07) is 16.9. The van der Waals surface area contributed by atoms with Crippen molar-refractivity contribution in [2.24, 2.45) is 10.3 Å². The molecule has 1 N–H and O–H groups in total. The van der Waals surface area contributed by atoms with E-state index in [4.69, 9.17) is 0 Å². The van der Waals surface area contributed by atoms with Crippen molar-refractivity contribution in [2.45, 2.75) is 28.4 Å². The number of nitrogens with zero attached hydrogens (tertiary/aromatic N) is 2. The van der Waals surface area contributed by atoms with E-state index in [-0.39, 0.29) is 16.7 Å². The van der Waals surface area contributed by atoms with E-state index < -0.39 is 10.0 Å². The van der Waals surface area contributed by atoms with E-state index >= 15 is 0 Å². The normalized spacial score (nSPS) is 17.5. The molecule has 2 aliphatic heterocycles. The van der Waals surface area contributed by atoms with Crippen LogP contribution in [0.5, 0.6) is 0 Å². The third-order valence-electron chi connectivity index (χ3n) is 5.90. The number of fused-ring (bicyclic) bond motifs is 1. The monoisotopic (exact) mass is 497 g/mol. The van der Waals surface area contributed by atoms with Crippen LogP contribution in [0.3, 0.4) is 0 Å². The Morgan fingerprint density at radius 2 is 1.85 bits per heavy atom. The molecule has 0 saturated carbocycles. The number of rotatable bonds is 5. The zero-order valence-electron chi connectivity index (χ0n) is 17.8. The van der Waals surface area contributed by atoms with Crippen LogP contribution in [0.2, 0.25) is 0 Å². The minimum Gasteiger partial charge on any atom is -0.355 e. The number of carbonyl (C=O) groups excluding carboxylic acids is 1. The molecule has 0 bridgehead atoms. The fourth-order valence-electron chi connectivity index (χ4n) is 4.14. The summed E-state index contributed by atoms with van der Waals surface area (Å²) in [5.41, 5.74) is 2.76. The maximum atomic E-state index is 13.0. The fourth-order valence-corrected chi connectivity index (χ4v) is 7.09. The number of thiophene rings is 1. The molecule has 33 heavy (non-hydrogen) atoms. The van der Waals surface area contributed by atoms with Gasteiger partial charge in [0.1, 0.15) is 4.90 Å². The van der Waals surface area contributed by atoms with Crippen molar-refractivity contribution in [2.75, 3.05) is 18.4 Å². The summed E-state index contributed by atoms with van der Waals surface area (Å²) < 4.78 is 28.7. The van der Waals surface area contributed by atoms with Crippen molar-refractivity contribution < 1.29 is 13.2 Å². The van der Waals surface area contributed by atoms with Crippen LogP contribution in [-0.4, -0.2) is 38.2 Å². The van der Waals surface area contributed by atoms with Crippen molar-refractivity contribution in [3.05, 3.63) is 76.5 Å². The van der Waals surface area contributed by atoms with Crippen molar-refractivity contribution in [1.82, 2.24) is 4.90 Å². The molecule has 0 radical (unpaired) electrons. The van der Waals surface area contributed by atoms with Crippen LogP contribution < -0.4 is 5.32 Å². The number of likely N-dealkylation sites (tertiary alicyclic amines) is 1. The molecular weight excluding hydrogens is 474 g/mol. The van der Waals surface area contributed by atoms with E-state index in [1.165, 1.54) is 5.56 Å². The van der Waals surface area contributed by atoms with Crippen LogP contribution in [0.25, 0.3) is 0 Å². The minimum absolute atomic E-state index is 0.0135. The first-order valence-electron chi connectivity index (χ1n) is 10.7. The molecule has 1 aromatic heterocycles. The molecule has 1 saturated heterocycles. The number of benzene rings is 2. The second kappa shape index (κ2) is 9.32. The first kappa shape index (κ1) is 22.2. The lowest BCUT2D eigenvalue weighted by Crippen LogP contribution is -2.41. The summed E-state index contributed by atoms with van der Waals surface area (Å²) >= 11 is 3.40. The zero-order valence-corrected chi connectivity index (χ0v) is 20.3. The van der Waals surface area contributed by atoms with E-state index in [2.05, 4.69) is 26.5 Å². The van der Waals surface area contributed by atoms with E-state index in [9.17, 15) is 13.2 Å². The molecule has 0 aliphatic carbocycles. The highest BCUT2D eigenvalue weighted by Gasteiger charge is 2.34. The predicted octanol–water partition coefficient (Wildman–Crippen LogP) is 4.84. The lowest BCUT2D eigenvalue weighted by molar-refractivity contribution is -0.121. The molecule has 6 nitrogen and oxygen atoms in total. The number of amidine groups is 1. The van der Waals surface area contributed by atoms with Crippen LogP contribution >= 0.6 is 23.1 Å². The molecular formula is C24H23N3O3S3. The number of thioether (sulfide) groups is 1. The number of para-hydroxylation sites is 1. The summed E-state index contributed by atoms with van der Waals surface area (Å²) in [5, 5.41) is 7.33. The van der Waals surface area contributed by atoms with Gasteiger partial charge in [0.05, 0.1) is 5.69 Å². The quantitative estimate of drug-likeness (QED) is 0.511. The van der Waals surface area contributed by atoms with Gasteiger partial charge in [-0.2, -0.15) is 19.8 Å². The number of hydrogen-bond donors (Lipinski definition) is 1. The van der Waals surface area contributed by atoms with Crippen LogP contribution in [0.4, 0.5) is 5.69 Å². The number of nitrogens with one attached hydrogen (secondary N) is 1. The Morgan fingerprint density at radius 1 is 1.09 bits per heavy atom. The number of carbonyl (C=O) groups is 1. The number of anilines is 1. The predicted molar refractivity (Wildman–Crippen MR) is 133 cm³/mol. The fraction of sp³-hybridized carbons (Fsp3) is 0.250. The van der Waals surface area contributed by atoms with Gasteiger partial charge in [-0.25, -0.2) is 0 Å². The first-order chi connectivity index (χ1) is 16.0. The smallest absolute Gasteiger partial charge is 0.285 e. The van der Waals surface area contributed by atoms with Crippen molar-refractivity contribution in [3.8, 4) is 0 Å². The molecule has 170 valence electrons. The molecule has 1 amide bonds. The average molecular weight is 498 g/mol. The SMILES string of the molecule is O=C(Nc1ccccc1SCc1ccsc1)C1CCN(C2=NS(=O)(=O)c3ccccc32)CC1. The van der Waals surface area contributed by atoms with Crippen molar-refractivity contribution in [3.63, 3.8) is 0 Å². The number of piperidine rings is 1. The Bertz CT molecular complexity index is 1300. The van der Waals surface area contributed by atoms with Gasteiger partial charge in [-0.15, -0.1) is 16.2 Å². The van der Waals surface area contributed by atoms with E-state index in [1.54, 1.807) is 41.3 Å². The second-order valence-corrected chi connectivity index (χ2v) is 11.4. The molecule has 5 rings (SSSR count). The first-order valence-corrected chi connectivity index (χ1v) is 14.1. The van der Waals surface area contributed by atoms with Gasteiger partial charge in [-0.05, 0) is 59.5 Å². The maximum absolute atomic E-state index is 13.0. The summed E-state index contributed by atoms with van der Waals surface area (Å²) in [4.78, 5) is 16.3. The number of amides is 1. The average Bonchev–Trinajstić information content (AvgIpc) is 3.45. The molecule has 2 aliphatic rings. The van der Waals surface area contributed by atoms with Gasteiger partial charge in [-0.3, -0.25) is 4.79 Å². The van der Waals surface area contributed by atoms with Gasteiger partial charge in [-0.1, -0.05) is 24.3 Å². The highest BCUT2D eigenvalue weighted by Crippen LogP contribution is 2.32. The number of sulfonamides is 1. The zero-order chi connectivity index (χ0) is 22.8. The second-order valence-electron chi connectivity index (χ2n) is 8.05. The molecule has 0 unspecified atom stereocenters. The molecule has 1 fully saturated rings. The Morgan fingerprint density at radius 3 is 2.64 bits per heavy atom. The lowest BCUT2D eigenvalue weighted by Gasteiger charge is -2.32. The Hall–Kier alpha value is -2.62. The third kappa shape index (κ3) is 4.71. The Balaban J connectivity index is 1.22. The van der Waals surface area contributed by atoms with Crippen LogP contribution in [0, 0.1) is 5.92 Å². The van der Waals surface area contributed by atoms with Gasteiger partial charge in [0.15, 0.2) is 5.84 Å². The van der Waals surface area contributed by atoms with E-state index in [1.807, 2.05) is 35.2 Å². The highest BCUT2D eigenvalue weighted by molar-refractivity contribution is 7.98. The standard InChI is InChI=1S/C24H23N3O3S3/c28-24(25-20-6-2-3-7-21(20)32-16-17-11-14-31-15-17)18-9-12-27(13-10-18)23-19-5-1-4-8-22(19)33(29,30)26-23/h1-8,11,14-15,18H,9-10,12-13,16H2,(H,25,28). The van der Waals surface area contributed by atoms with Crippen molar-refractivity contribution >= 4 is 50.6 Å². The van der Waals surface area contributed by atoms with Crippen molar-refractivity contribution in [1.29, 1.82) is 0 Å². The maximum Gasteiger partial charge on any atom is 0.285 e. The minimum atomic E-state index is -3.64. The molecule has 3 aromatic rings. The largest absolute Gasteiger partial charge is 0.355 e. The number of hydrogen-bond acceptors (Lipinski definition) is 6. The van der Waals surface area contributed by atoms with Crippen LogP contribution in [0.15, 0.2) is 79.5 Å². The highest BCUT2D eigenvalue weighted by atomic mass is 32.2. The Kier molecular flexibility index (Phi) is 6.27.